The van der Waals surface area contributed by atoms with Gasteiger partial charge in [-0.25, -0.2) is 0 Å². The Hall–Kier alpha value is -3.99. The molecule has 10 heteroatoms. The van der Waals surface area contributed by atoms with Gasteiger partial charge in [-0.2, -0.15) is 26.3 Å². The number of fused-ring (bicyclic) bond motifs is 2. The molecule has 0 radical (unpaired) electrons. The monoisotopic (exact) mass is 791 g/mol. The molecule has 1 N–H and O–H groups in total. The number of nitrogens with zero attached hydrogens (tertiary/aromatic N) is 1. The lowest BCUT2D eigenvalue weighted by molar-refractivity contribution is -0.254. The standard InChI is InChI=1S/C45H43F6NOS2/c1-3-5-7-9-19-35-33(26-37(54-35)28-21-23-52-24-22-28)40-41(44(48,49)45(50,51)43(40,46)47)34-27-38(55-36(34)20-10-8-6-4-2)42(53)39-31-17-13-11-15-29(31)25-30-16-12-14-18-32(30)39/h11-18,21-27,42,53H,3-10,19-20H2,1-2H3. The van der Waals surface area contributed by atoms with Crippen LogP contribution < -0.4 is 0 Å². The first kappa shape index (κ1) is 39.3. The highest BCUT2D eigenvalue weighted by Crippen LogP contribution is 2.66. The highest BCUT2D eigenvalue weighted by molar-refractivity contribution is 7.15. The lowest BCUT2D eigenvalue weighted by Crippen LogP contribution is -2.49. The van der Waals surface area contributed by atoms with Gasteiger partial charge in [0.1, 0.15) is 6.10 Å². The molecule has 2 nitrogen and oxygen atoms in total. The summed E-state index contributed by atoms with van der Waals surface area (Å²) in [6, 6.07) is 23.0. The lowest BCUT2D eigenvalue weighted by Gasteiger charge is -2.26. The number of benzene rings is 3. The number of aryl methyl sites for hydroxylation is 2. The van der Waals surface area contributed by atoms with Crippen molar-refractivity contribution in [2.24, 2.45) is 0 Å². The van der Waals surface area contributed by atoms with Crippen molar-refractivity contribution in [2.45, 2.75) is 102 Å². The Morgan fingerprint density at radius 1 is 0.618 bits per heavy atom. The van der Waals surface area contributed by atoms with Crippen molar-refractivity contribution in [1.29, 1.82) is 0 Å². The van der Waals surface area contributed by atoms with Gasteiger partial charge in [-0.3, -0.25) is 4.98 Å². The third-order valence-electron chi connectivity index (χ3n) is 10.7. The number of unbranched alkanes of at least 4 members (excludes halogenated alkanes) is 6. The second kappa shape index (κ2) is 15.9. The van der Waals surface area contributed by atoms with Gasteiger partial charge in [-0.05, 0) is 94.3 Å². The summed E-state index contributed by atoms with van der Waals surface area (Å²) >= 11 is 2.20. The minimum atomic E-state index is -5.70. The summed E-state index contributed by atoms with van der Waals surface area (Å²) in [4.78, 5) is 5.42. The van der Waals surface area contributed by atoms with Crippen LogP contribution in [0.5, 0.6) is 0 Å². The number of hydrogen-bond acceptors (Lipinski definition) is 4. The van der Waals surface area contributed by atoms with Crippen LogP contribution in [0.3, 0.4) is 0 Å². The fourth-order valence-electron chi connectivity index (χ4n) is 7.81. The molecule has 0 spiro atoms. The maximum Gasteiger partial charge on any atom is 0.380 e. The maximum absolute atomic E-state index is 16.5. The Kier molecular flexibility index (Phi) is 11.3. The van der Waals surface area contributed by atoms with Crippen LogP contribution in [0.2, 0.25) is 0 Å². The average molecular weight is 792 g/mol. The zero-order valence-electron chi connectivity index (χ0n) is 30.8. The number of allylic oxidation sites excluding steroid dienone is 2. The zero-order valence-corrected chi connectivity index (χ0v) is 32.4. The van der Waals surface area contributed by atoms with Crippen LogP contribution in [0.15, 0.2) is 91.3 Å². The van der Waals surface area contributed by atoms with E-state index < -0.39 is 35.0 Å². The van der Waals surface area contributed by atoms with E-state index in [-0.39, 0.29) is 33.7 Å². The van der Waals surface area contributed by atoms with Crippen LogP contribution in [0.1, 0.15) is 103 Å². The first-order valence-corrected chi connectivity index (χ1v) is 20.7. The van der Waals surface area contributed by atoms with Crippen LogP contribution in [-0.4, -0.2) is 27.9 Å². The smallest absolute Gasteiger partial charge is 0.380 e. The molecule has 1 aliphatic rings. The molecule has 0 aliphatic heterocycles. The maximum atomic E-state index is 16.5. The van der Waals surface area contributed by atoms with Gasteiger partial charge in [-0.1, -0.05) is 101 Å². The van der Waals surface area contributed by atoms with E-state index in [1.54, 1.807) is 12.1 Å². The molecule has 0 saturated carbocycles. The Labute approximate surface area is 325 Å². The van der Waals surface area contributed by atoms with Crippen molar-refractivity contribution >= 4 is 55.4 Å². The van der Waals surface area contributed by atoms with Gasteiger partial charge in [0.15, 0.2) is 0 Å². The van der Waals surface area contributed by atoms with Crippen LogP contribution in [0.4, 0.5) is 26.3 Å². The predicted octanol–water partition coefficient (Wildman–Crippen LogP) is 14.3. The predicted molar refractivity (Wildman–Crippen MR) is 215 cm³/mol. The fourth-order valence-corrected chi connectivity index (χ4v) is 10.2. The second-order valence-electron chi connectivity index (χ2n) is 14.4. The number of rotatable bonds is 15. The SMILES string of the molecule is CCCCCCc1sc(-c2ccncc2)cc1C1=C(c2cc(C(O)c3c4ccccc4cc4ccccc34)sc2CCCCCC)C(F)(F)C(F)(F)C1(F)F. The topological polar surface area (TPSA) is 33.1 Å². The van der Waals surface area contributed by atoms with Crippen LogP contribution >= 0.6 is 22.7 Å². The quantitative estimate of drug-likeness (QED) is 0.0638. The molecule has 6 aromatic rings. The summed E-state index contributed by atoms with van der Waals surface area (Å²) in [6.07, 6.45) is 8.47. The van der Waals surface area contributed by atoms with E-state index in [0.29, 0.717) is 33.7 Å². The van der Waals surface area contributed by atoms with Gasteiger partial charge in [0.05, 0.1) is 0 Å². The average Bonchev–Trinajstić information content (AvgIpc) is 3.82. The summed E-state index contributed by atoms with van der Waals surface area (Å²) in [6.45, 7) is 4.06. The fraction of sp³-hybridized carbons (Fsp3) is 0.356. The van der Waals surface area contributed by atoms with Gasteiger partial charge in [0.25, 0.3) is 0 Å². The number of aliphatic hydroxyl groups is 1. The highest BCUT2D eigenvalue weighted by atomic mass is 32.1. The van der Waals surface area contributed by atoms with E-state index in [1.165, 1.54) is 35.9 Å². The van der Waals surface area contributed by atoms with Crippen molar-refractivity contribution in [2.75, 3.05) is 0 Å². The normalized spacial score (nSPS) is 16.7. The Balaban J connectivity index is 1.47. The molecule has 288 valence electrons. The summed E-state index contributed by atoms with van der Waals surface area (Å²) in [5.41, 5.74) is -2.12. The molecule has 55 heavy (non-hydrogen) atoms. The molecule has 3 aromatic carbocycles. The van der Waals surface area contributed by atoms with Crippen molar-refractivity contribution in [3.05, 3.63) is 123 Å². The van der Waals surface area contributed by atoms with E-state index in [4.69, 9.17) is 0 Å². The van der Waals surface area contributed by atoms with E-state index in [2.05, 4.69) is 4.98 Å². The number of aromatic nitrogens is 1. The van der Waals surface area contributed by atoms with Crippen molar-refractivity contribution in [3.63, 3.8) is 0 Å². The number of aliphatic hydroxyl groups excluding tert-OH is 1. The summed E-state index contributed by atoms with van der Waals surface area (Å²) in [5, 5.41) is 15.4. The number of halogens is 6. The molecule has 0 amide bonds. The third-order valence-corrected chi connectivity index (χ3v) is 13.2. The van der Waals surface area contributed by atoms with E-state index in [9.17, 15) is 5.11 Å². The van der Waals surface area contributed by atoms with Crippen LogP contribution in [0.25, 0.3) is 43.1 Å². The number of pyridine rings is 1. The molecule has 0 fully saturated rings. The molecule has 0 bridgehead atoms. The summed E-state index contributed by atoms with van der Waals surface area (Å²) in [7, 11) is 0. The van der Waals surface area contributed by atoms with Crippen molar-refractivity contribution < 1.29 is 31.4 Å². The summed E-state index contributed by atoms with van der Waals surface area (Å²) in [5.74, 6) is -16.1. The highest BCUT2D eigenvalue weighted by Gasteiger charge is 2.80. The first-order valence-electron chi connectivity index (χ1n) is 19.1. The molecule has 3 heterocycles. The van der Waals surface area contributed by atoms with Crippen LogP contribution in [-0.2, 0) is 12.8 Å². The minimum Gasteiger partial charge on any atom is -0.383 e. The van der Waals surface area contributed by atoms with Gasteiger partial charge in [0, 0.05) is 48.6 Å². The molecular formula is C45H43F6NOS2. The molecule has 7 rings (SSSR count). The Morgan fingerprint density at radius 3 is 1.67 bits per heavy atom. The number of alkyl halides is 6. The molecule has 1 aliphatic carbocycles. The largest absolute Gasteiger partial charge is 0.383 e. The van der Waals surface area contributed by atoms with Crippen molar-refractivity contribution in [3.8, 4) is 10.4 Å². The Bertz CT molecular complexity index is 2270. The Morgan fingerprint density at radius 2 is 1.13 bits per heavy atom. The minimum absolute atomic E-state index is 0.211. The van der Waals surface area contributed by atoms with Gasteiger partial charge in [0.2, 0.25) is 0 Å². The van der Waals surface area contributed by atoms with E-state index in [1.807, 2.05) is 68.4 Å². The molecule has 1 atom stereocenters. The van der Waals surface area contributed by atoms with Gasteiger partial charge >= 0.3 is 17.8 Å². The third kappa shape index (κ3) is 7.03. The van der Waals surface area contributed by atoms with Crippen LogP contribution in [0, 0.1) is 0 Å². The van der Waals surface area contributed by atoms with Gasteiger partial charge in [-0.15, -0.1) is 22.7 Å². The number of hydrogen-bond donors (Lipinski definition) is 1. The molecule has 3 aromatic heterocycles. The first-order chi connectivity index (χ1) is 26.4. The molecule has 0 saturated heterocycles. The molecular weight excluding hydrogens is 749 g/mol. The van der Waals surface area contributed by atoms with Crippen molar-refractivity contribution in [1.82, 2.24) is 4.98 Å². The van der Waals surface area contributed by atoms with Gasteiger partial charge < -0.3 is 5.11 Å². The molecule has 1 unspecified atom stereocenters. The lowest BCUT2D eigenvalue weighted by atomic mass is 9.91. The van der Waals surface area contributed by atoms with E-state index in [0.717, 1.165) is 71.4 Å². The summed E-state index contributed by atoms with van der Waals surface area (Å²) < 4.78 is 97.7. The zero-order chi connectivity index (χ0) is 39.0. The second-order valence-corrected chi connectivity index (χ2v) is 16.7. The van der Waals surface area contributed by atoms with E-state index >= 15 is 26.3 Å². The number of thiophene rings is 2.